The number of benzene rings is 2. The number of fused-ring (bicyclic) bond motifs is 1. The molecule has 0 spiro atoms. The summed E-state index contributed by atoms with van der Waals surface area (Å²) in [5.74, 6) is -0.563. The molecule has 0 fully saturated rings. The van der Waals surface area contributed by atoms with Gasteiger partial charge >= 0.3 is 5.97 Å². The van der Waals surface area contributed by atoms with E-state index in [0.29, 0.717) is 12.1 Å². The number of ether oxygens (including phenoxy) is 1. The molecule has 0 saturated carbocycles. The molecular weight excluding hydrogens is 266 g/mol. The van der Waals surface area contributed by atoms with E-state index in [1.807, 2.05) is 48.5 Å². The van der Waals surface area contributed by atoms with Gasteiger partial charge in [0, 0.05) is 12.1 Å². The van der Waals surface area contributed by atoms with Crippen molar-refractivity contribution in [2.45, 2.75) is 12.6 Å². The average molecular weight is 281 g/mol. The number of amides is 1. The third kappa shape index (κ3) is 2.29. The van der Waals surface area contributed by atoms with E-state index < -0.39 is 12.0 Å². The van der Waals surface area contributed by atoms with E-state index >= 15 is 0 Å². The molecule has 106 valence electrons. The van der Waals surface area contributed by atoms with Crippen molar-refractivity contribution in [1.82, 2.24) is 4.90 Å². The summed E-state index contributed by atoms with van der Waals surface area (Å²) in [6.45, 7) is 0.420. The highest BCUT2D eigenvalue weighted by atomic mass is 16.5. The number of hydrogen-bond acceptors (Lipinski definition) is 3. The highest BCUT2D eigenvalue weighted by molar-refractivity contribution is 6.00. The van der Waals surface area contributed by atoms with Crippen molar-refractivity contribution in [3.05, 3.63) is 71.3 Å². The molecule has 1 aliphatic rings. The van der Waals surface area contributed by atoms with Gasteiger partial charge in [0.15, 0.2) is 6.04 Å². The monoisotopic (exact) mass is 281 g/mol. The summed E-state index contributed by atoms with van der Waals surface area (Å²) in [4.78, 5) is 26.3. The van der Waals surface area contributed by atoms with Crippen molar-refractivity contribution in [3.63, 3.8) is 0 Å². The standard InChI is InChI=1S/C17H15NO3/c1-21-17(20)15(12-7-3-2-4-8-12)18-11-13-9-5-6-10-14(13)16(18)19/h2-10,15H,11H2,1H3. The summed E-state index contributed by atoms with van der Waals surface area (Å²) in [5, 5.41) is 0. The fraction of sp³-hybridized carbons (Fsp3) is 0.176. The Morgan fingerprint density at radius 1 is 1.10 bits per heavy atom. The van der Waals surface area contributed by atoms with Crippen LogP contribution in [0, 0.1) is 0 Å². The first-order chi connectivity index (χ1) is 10.2. The number of hydrogen-bond donors (Lipinski definition) is 0. The SMILES string of the molecule is COC(=O)C(c1ccccc1)N1Cc2ccccc2C1=O. The lowest BCUT2D eigenvalue weighted by Gasteiger charge is -2.25. The Morgan fingerprint density at radius 3 is 2.43 bits per heavy atom. The molecule has 1 unspecified atom stereocenters. The third-order valence-corrected chi connectivity index (χ3v) is 3.70. The van der Waals surface area contributed by atoms with E-state index in [2.05, 4.69) is 0 Å². The van der Waals surface area contributed by atoms with E-state index in [9.17, 15) is 9.59 Å². The molecule has 1 amide bonds. The summed E-state index contributed by atoms with van der Waals surface area (Å²) in [6.07, 6.45) is 0. The summed E-state index contributed by atoms with van der Waals surface area (Å²) in [7, 11) is 1.34. The van der Waals surface area contributed by atoms with Crippen molar-refractivity contribution in [3.8, 4) is 0 Å². The van der Waals surface area contributed by atoms with Gasteiger partial charge in [0.05, 0.1) is 7.11 Å². The molecule has 0 aromatic heterocycles. The fourth-order valence-electron chi connectivity index (χ4n) is 2.68. The quantitative estimate of drug-likeness (QED) is 0.812. The van der Waals surface area contributed by atoms with Gasteiger partial charge in [-0.2, -0.15) is 0 Å². The Hall–Kier alpha value is -2.62. The summed E-state index contributed by atoms with van der Waals surface area (Å²) in [5.41, 5.74) is 2.35. The fourth-order valence-corrected chi connectivity index (χ4v) is 2.68. The minimum absolute atomic E-state index is 0.134. The first kappa shape index (κ1) is 13.4. The Morgan fingerprint density at radius 2 is 1.76 bits per heavy atom. The van der Waals surface area contributed by atoms with Crippen LogP contribution < -0.4 is 0 Å². The van der Waals surface area contributed by atoms with Crippen molar-refractivity contribution >= 4 is 11.9 Å². The average Bonchev–Trinajstić information content (AvgIpc) is 2.86. The lowest BCUT2D eigenvalue weighted by molar-refractivity contribution is -0.146. The van der Waals surface area contributed by atoms with Crippen LogP contribution >= 0.6 is 0 Å². The van der Waals surface area contributed by atoms with E-state index in [4.69, 9.17) is 4.74 Å². The van der Waals surface area contributed by atoms with Gasteiger partial charge in [0.1, 0.15) is 0 Å². The lowest BCUT2D eigenvalue weighted by atomic mass is 10.1. The highest BCUT2D eigenvalue weighted by Crippen LogP contribution is 2.31. The van der Waals surface area contributed by atoms with E-state index in [1.165, 1.54) is 7.11 Å². The van der Waals surface area contributed by atoms with Crippen LogP contribution in [0.5, 0.6) is 0 Å². The second kappa shape index (κ2) is 5.40. The molecule has 1 aliphatic heterocycles. The van der Waals surface area contributed by atoms with E-state index in [0.717, 1.165) is 11.1 Å². The Balaban J connectivity index is 2.00. The molecule has 1 heterocycles. The number of nitrogens with zero attached hydrogens (tertiary/aromatic N) is 1. The number of esters is 1. The predicted molar refractivity (Wildman–Crippen MR) is 77.5 cm³/mol. The Kier molecular flexibility index (Phi) is 3.44. The zero-order chi connectivity index (χ0) is 14.8. The van der Waals surface area contributed by atoms with Crippen LogP contribution in [0.2, 0.25) is 0 Å². The zero-order valence-corrected chi connectivity index (χ0v) is 11.7. The normalized spacial score (nSPS) is 14.7. The van der Waals surface area contributed by atoms with Crippen LogP contribution in [0.15, 0.2) is 54.6 Å². The minimum atomic E-state index is -0.712. The number of carbonyl (C=O) groups is 2. The number of methoxy groups -OCH3 is 1. The first-order valence-corrected chi connectivity index (χ1v) is 6.74. The summed E-state index contributed by atoms with van der Waals surface area (Å²) >= 11 is 0. The summed E-state index contributed by atoms with van der Waals surface area (Å²) < 4.78 is 4.89. The first-order valence-electron chi connectivity index (χ1n) is 6.74. The number of carbonyl (C=O) groups excluding carboxylic acids is 2. The molecule has 2 aromatic carbocycles. The molecule has 0 radical (unpaired) electrons. The molecule has 1 atom stereocenters. The van der Waals surface area contributed by atoms with Crippen LogP contribution in [0.1, 0.15) is 27.5 Å². The van der Waals surface area contributed by atoms with Crippen LogP contribution in [0.25, 0.3) is 0 Å². The van der Waals surface area contributed by atoms with Crippen molar-refractivity contribution < 1.29 is 14.3 Å². The smallest absolute Gasteiger partial charge is 0.333 e. The van der Waals surface area contributed by atoms with Gasteiger partial charge in [-0.1, -0.05) is 48.5 Å². The molecule has 4 heteroatoms. The maximum absolute atomic E-state index is 12.6. The topological polar surface area (TPSA) is 46.6 Å². The molecule has 0 bridgehead atoms. The van der Waals surface area contributed by atoms with Gasteiger partial charge in [-0.3, -0.25) is 4.79 Å². The van der Waals surface area contributed by atoms with Gasteiger partial charge in [-0.25, -0.2) is 4.79 Å². The Labute approximate surface area is 123 Å². The molecule has 3 rings (SSSR count). The van der Waals surface area contributed by atoms with Crippen LogP contribution in [-0.2, 0) is 16.1 Å². The van der Waals surface area contributed by atoms with E-state index in [1.54, 1.807) is 11.0 Å². The second-order valence-corrected chi connectivity index (χ2v) is 4.93. The Bertz CT molecular complexity index is 681. The zero-order valence-electron chi connectivity index (χ0n) is 11.7. The lowest BCUT2D eigenvalue weighted by Crippen LogP contribution is -2.35. The van der Waals surface area contributed by atoms with Crippen LogP contribution in [0.4, 0.5) is 0 Å². The van der Waals surface area contributed by atoms with Crippen molar-refractivity contribution in [2.24, 2.45) is 0 Å². The van der Waals surface area contributed by atoms with Crippen LogP contribution in [-0.4, -0.2) is 23.9 Å². The predicted octanol–water partition coefficient (Wildman–Crippen LogP) is 2.56. The number of rotatable bonds is 3. The van der Waals surface area contributed by atoms with Gasteiger partial charge in [-0.15, -0.1) is 0 Å². The minimum Gasteiger partial charge on any atom is -0.467 e. The summed E-state index contributed by atoms with van der Waals surface area (Å²) in [6, 6.07) is 15.9. The van der Waals surface area contributed by atoms with Gasteiger partial charge in [0.25, 0.3) is 5.91 Å². The molecule has 0 aliphatic carbocycles. The van der Waals surface area contributed by atoms with Crippen molar-refractivity contribution in [1.29, 1.82) is 0 Å². The van der Waals surface area contributed by atoms with Crippen LogP contribution in [0.3, 0.4) is 0 Å². The molecule has 2 aromatic rings. The molecule has 0 saturated heterocycles. The van der Waals surface area contributed by atoms with Gasteiger partial charge < -0.3 is 9.64 Å². The third-order valence-electron chi connectivity index (χ3n) is 3.70. The molecular formula is C17H15NO3. The van der Waals surface area contributed by atoms with Gasteiger partial charge in [0.2, 0.25) is 0 Å². The molecule has 0 N–H and O–H groups in total. The molecule has 21 heavy (non-hydrogen) atoms. The second-order valence-electron chi connectivity index (χ2n) is 4.93. The largest absolute Gasteiger partial charge is 0.467 e. The van der Waals surface area contributed by atoms with Gasteiger partial charge in [-0.05, 0) is 17.2 Å². The highest BCUT2D eigenvalue weighted by Gasteiger charge is 2.37. The van der Waals surface area contributed by atoms with Crippen molar-refractivity contribution in [2.75, 3.05) is 7.11 Å². The maximum atomic E-state index is 12.6. The van der Waals surface area contributed by atoms with E-state index in [-0.39, 0.29) is 5.91 Å². The maximum Gasteiger partial charge on any atom is 0.333 e. The molecule has 4 nitrogen and oxygen atoms in total.